The second-order valence-electron chi connectivity index (χ2n) is 3.65. The summed E-state index contributed by atoms with van der Waals surface area (Å²) in [6.07, 6.45) is 3.10. The summed E-state index contributed by atoms with van der Waals surface area (Å²) in [6, 6.07) is 0.506. The summed E-state index contributed by atoms with van der Waals surface area (Å²) in [5.41, 5.74) is 0.524. The zero-order valence-corrected chi connectivity index (χ0v) is 11.6. The monoisotopic (exact) mass is 331 g/mol. The Morgan fingerprint density at radius 2 is 2.33 bits per heavy atom. The predicted octanol–water partition coefficient (Wildman–Crippen LogP) is 1.84. The molecule has 0 unspecified atom stereocenters. The van der Waals surface area contributed by atoms with E-state index in [0.717, 1.165) is 4.47 Å². The maximum Gasteiger partial charge on any atom is 0.327 e. The lowest BCUT2D eigenvalue weighted by molar-refractivity contribution is -0.140. The summed E-state index contributed by atoms with van der Waals surface area (Å²) >= 11 is 4.67. The Morgan fingerprint density at radius 1 is 1.56 bits per heavy atom. The highest BCUT2D eigenvalue weighted by atomic mass is 79.9. The SMILES string of the molecule is O=C(O)[C@@H]1CSCN1C(=O)Nc1cncc(Br)c1. The molecule has 1 aliphatic heterocycles. The highest BCUT2D eigenvalue weighted by molar-refractivity contribution is 9.10. The third-order valence-electron chi connectivity index (χ3n) is 2.38. The quantitative estimate of drug-likeness (QED) is 0.863. The topological polar surface area (TPSA) is 82.5 Å². The minimum absolute atomic E-state index is 0.379. The van der Waals surface area contributed by atoms with Gasteiger partial charge in [0.05, 0.1) is 17.8 Å². The standard InChI is InChI=1S/C10H10BrN3O3S/c11-6-1-7(3-12-2-6)13-10(17)14-5-18-4-8(14)9(15)16/h1-3,8H,4-5H2,(H,13,17)(H,15,16)/t8-/m0/s1. The normalized spacial score (nSPS) is 18.7. The number of pyridine rings is 1. The molecular formula is C10H10BrN3O3S. The van der Waals surface area contributed by atoms with Crippen molar-refractivity contribution in [1.29, 1.82) is 0 Å². The van der Waals surface area contributed by atoms with Crippen LogP contribution in [0.2, 0.25) is 0 Å². The Kier molecular flexibility index (Phi) is 4.07. The van der Waals surface area contributed by atoms with Gasteiger partial charge in [0.1, 0.15) is 6.04 Å². The average molecular weight is 332 g/mol. The van der Waals surface area contributed by atoms with Gasteiger partial charge in [-0.25, -0.2) is 9.59 Å². The van der Waals surface area contributed by atoms with Crippen LogP contribution in [0, 0.1) is 0 Å². The highest BCUT2D eigenvalue weighted by Gasteiger charge is 2.34. The van der Waals surface area contributed by atoms with Crippen molar-refractivity contribution in [3.63, 3.8) is 0 Å². The molecule has 1 fully saturated rings. The van der Waals surface area contributed by atoms with Crippen LogP contribution in [0.15, 0.2) is 22.9 Å². The van der Waals surface area contributed by atoms with E-state index in [1.165, 1.54) is 22.9 Å². The van der Waals surface area contributed by atoms with Gasteiger partial charge in [0, 0.05) is 16.4 Å². The summed E-state index contributed by atoms with van der Waals surface area (Å²) in [5, 5.41) is 11.6. The fourth-order valence-corrected chi connectivity index (χ4v) is 3.03. The molecule has 96 valence electrons. The van der Waals surface area contributed by atoms with Crippen LogP contribution in [0.25, 0.3) is 0 Å². The number of nitrogens with zero attached hydrogens (tertiary/aromatic N) is 2. The number of urea groups is 1. The fourth-order valence-electron chi connectivity index (χ4n) is 1.52. The minimum atomic E-state index is -0.984. The Morgan fingerprint density at radius 3 is 3.00 bits per heavy atom. The number of aliphatic carboxylic acids is 1. The van der Waals surface area contributed by atoms with Crippen molar-refractivity contribution < 1.29 is 14.7 Å². The maximum absolute atomic E-state index is 11.9. The molecule has 1 saturated heterocycles. The van der Waals surface area contributed by atoms with Crippen LogP contribution >= 0.6 is 27.7 Å². The lowest BCUT2D eigenvalue weighted by Crippen LogP contribution is -2.43. The Hall–Kier alpha value is -1.28. The van der Waals surface area contributed by atoms with Gasteiger partial charge in [0.2, 0.25) is 0 Å². The van der Waals surface area contributed by atoms with E-state index in [-0.39, 0.29) is 0 Å². The number of hydrogen-bond acceptors (Lipinski definition) is 4. The first-order chi connectivity index (χ1) is 8.58. The number of thioether (sulfide) groups is 1. The van der Waals surface area contributed by atoms with E-state index in [1.54, 1.807) is 12.3 Å². The van der Waals surface area contributed by atoms with Crippen molar-refractivity contribution in [3.8, 4) is 0 Å². The van der Waals surface area contributed by atoms with Crippen LogP contribution < -0.4 is 5.32 Å². The molecule has 1 aliphatic rings. The number of carbonyl (C=O) groups is 2. The van der Waals surface area contributed by atoms with Crippen LogP contribution in [-0.2, 0) is 4.79 Å². The second kappa shape index (κ2) is 5.57. The number of halogens is 1. The van der Waals surface area contributed by atoms with Crippen LogP contribution in [0.4, 0.5) is 10.5 Å². The molecule has 0 saturated carbocycles. The van der Waals surface area contributed by atoms with Gasteiger partial charge >= 0.3 is 12.0 Å². The average Bonchev–Trinajstić information content (AvgIpc) is 2.77. The second-order valence-corrected chi connectivity index (χ2v) is 5.56. The van der Waals surface area contributed by atoms with E-state index in [2.05, 4.69) is 26.2 Å². The third-order valence-corrected chi connectivity index (χ3v) is 3.83. The highest BCUT2D eigenvalue weighted by Crippen LogP contribution is 2.22. The first-order valence-electron chi connectivity index (χ1n) is 5.06. The minimum Gasteiger partial charge on any atom is -0.480 e. The van der Waals surface area contributed by atoms with E-state index < -0.39 is 18.0 Å². The Balaban J connectivity index is 2.06. The van der Waals surface area contributed by atoms with Crippen molar-refractivity contribution in [3.05, 3.63) is 22.9 Å². The van der Waals surface area contributed by atoms with Gasteiger partial charge in [-0.2, -0.15) is 0 Å². The van der Waals surface area contributed by atoms with E-state index in [0.29, 0.717) is 17.3 Å². The number of carboxylic acids is 1. The summed E-state index contributed by atoms with van der Waals surface area (Å²) < 4.78 is 0.742. The van der Waals surface area contributed by atoms with Gasteiger partial charge < -0.3 is 15.3 Å². The molecule has 18 heavy (non-hydrogen) atoms. The molecule has 1 aromatic rings. The molecule has 2 N–H and O–H groups in total. The van der Waals surface area contributed by atoms with Crippen molar-refractivity contribution in [2.45, 2.75) is 6.04 Å². The smallest absolute Gasteiger partial charge is 0.327 e. The fraction of sp³-hybridized carbons (Fsp3) is 0.300. The molecule has 2 rings (SSSR count). The molecule has 1 aromatic heterocycles. The van der Waals surface area contributed by atoms with Gasteiger partial charge in [0.25, 0.3) is 0 Å². The van der Waals surface area contributed by atoms with Crippen molar-refractivity contribution in [2.24, 2.45) is 0 Å². The number of carboxylic acid groups (broad SMARTS) is 1. The lowest BCUT2D eigenvalue weighted by atomic mass is 10.3. The van der Waals surface area contributed by atoms with Crippen LogP contribution in [0.1, 0.15) is 0 Å². The van der Waals surface area contributed by atoms with Crippen molar-refractivity contribution >= 4 is 45.4 Å². The zero-order chi connectivity index (χ0) is 13.1. The summed E-state index contributed by atoms with van der Waals surface area (Å²) in [7, 11) is 0. The van der Waals surface area contributed by atoms with E-state index in [1.807, 2.05) is 0 Å². The Bertz CT molecular complexity index is 485. The largest absolute Gasteiger partial charge is 0.480 e. The maximum atomic E-state index is 11.9. The summed E-state index contributed by atoms with van der Waals surface area (Å²) in [5.74, 6) is -0.188. The first kappa shape index (κ1) is 13.2. The van der Waals surface area contributed by atoms with Gasteiger partial charge in [-0.1, -0.05) is 0 Å². The third kappa shape index (κ3) is 2.94. The molecule has 0 radical (unpaired) electrons. The number of anilines is 1. The van der Waals surface area contributed by atoms with E-state index >= 15 is 0 Å². The number of amides is 2. The number of aromatic nitrogens is 1. The predicted molar refractivity (Wildman–Crippen MR) is 71.5 cm³/mol. The van der Waals surface area contributed by atoms with Crippen LogP contribution in [0.5, 0.6) is 0 Å². The van der Waals surface area contributed by atoms with E-state index in [4.69, 9.17) is 5.11 Å². The molecule has 0 aliphatic carbocycles. The van der Waals surface area contributed by atoms with Gasteiger partial charge in [-0.05, 0) is 22.0 Å². The molecule has 0 aromatic carbocycles. The van der Waals surface area contributed by atoms with Gasteiger partial charge in [0.15, 0.2) is 0 Å². The van der Waals surface area contributed by atoms with Gasteiger partial charge in [-0.15, -0.1) is 11.8 Å². The zero-order valence-electron chi connectivity index (χ0n) is 9.17. The molecule has 0 bridgehead atoms. The summed E-state index contributed by atoms with van der Waals surface area (Å²) in [6.45, 7) is 0. The molecule has 2 amide bonds. The molecule has 1 atom stereocenters. The number of carbonyl (C=O) groups excluding carboxylic acids is 1. The Labute approximate surface area is 116 Å². The van der Waals surface area contributed by atoms with E-state index in [9.17, 15) is 9.59 Å². The molecule has 6 nitrogen and oxygen atoms in total. The number of rotatable bonds is 2. The lowest BCUT2D eigenvalue weighted by Gasteiger charge is -2.20. The first-order valence-corrected chi connectivity index (χ1v) is 7.01. The molecule has 0 spiro atoms. The van der Waals surface area contributed by atoms with Crippen molar-refractivity contribution in [1.82, 2.24) is 9.88 Å². The summed E-state index contributed by atoms with van der Waals surface area (Å²) in [4.78, 5) is 28.1. The van der Waals surface area contributed by atoms with Gasteiger partial charge in [-0.3, -0.25) is 4.98 Å². The van der Waals surface area contributed by atoms with Crippen LogP contribution in [0.3, 0.4) is 0 Å². The number of hydrogen-bond donors (Lipinski definition) is 2. The molecule has 2 heterocycles. The molecule has 8 heteroatoms. The molecular weight excluding hydrogens is 322 g/mol. The van der Waals surface area contributed by atoms with Crippen LogP contribution in [-0.4, -0.2) is 44.7 Å². The number of nitrogens with one attached hydrogen (secondary N) is 1. The van der Waals surface area contributed by atoms with Crippen molar-refractivity contribution in [2.75, 3.05) is 16.9 Å².